The fraction of sp³-hybridized carbons (Fsp3) is 0.273. The zero-order valence-electron chi connectivity index (χ0n) is 15.7. The Balaban J connectivity index is 1.80. The molecule has 6 heteroatoms. The summed E-state index contributed by atoms with van der Waals surface area (Å²) in [5.74, 6) is 0.360. The lowest BCUT2D eigenvalue weighted by Crippen LogP contribution is -1.95. The SMILES string of the molecule is Oc1c2cccc1C=NCCN=Cc1cccc(c1O)C=NCCCCN=C2. The summed E-state index contributed by atoms with van der Waals surface area (Å²) in [4.78, 5) is 17.4. The Morgan fingerprint density at radius 3 is 1.18 bits per heavy atom. The molecule has 0 unspecified atom stereocenters. The highest BCUT2D eigenvalue weighted by molar-refractivity contribution is 5.92. The van der Waals surface area contributed by atoms with Gasteiger partial charge in [0.15, 0.2) is 0 Å². The number of aliphatic imine (C=N–C) groups is 4. The molecule has 28 heavy (non-hydrogen) atoms. The van der Waals surface area contributed by atoms with Gasteiger partial charge < -0.3 is 10.2 Å². The summed E-state index contributed by atoms with van der Waals surface area (Å²) in [7, 11) is 0. The molecule has 144 valence electrons. The number of fused-ring (bicyclic) bond motifs is 4. The van der Waals surface area contributed by atoms with Crippen molar-refractivity contribution >= 4 is 24.9 Å². The average Bonchev–Trinajstić information content (AvgIpc) is 2.70. The molecule has 6 nitrogen and oxygen atoms in total. The Bertz CT molecular complexity index is 841. The lowest BCUT2D eigenvalue weighted by atomic mass is 10.1. The minimum absolute atomic E-state index is 0.180. The first-order valence-electron chi connectivity index (χ1n) is 9.39. The predicted molar refractivity (Wildman–Crippen MR) is 115 cm³/mol. The number of hydrogen-bond acceptors (Lipinski definition) is 6. The van der Waals surface area contributed by atoms with E-state index in [-0.39, 0.29) is 11.5 Å². The molecule has 1 aliphatic rings. The zero-order chi connectivity index (χ0) is 19.6. The number of benzene rings is 2. The van der Waals surface area contributed by atoms with E-state index < -0.39 is 0 Å². The smallest absolute Gasteiger partial charge is 0.133 e. The molecule has 1 aliphatic heterocycles. The molecule has 0 saturated carbocycles. The average molecular weight is 376 g/mol. The zero-order valence-corrected chi connectivity index (χ0v) is 15.7. The summed E-state index contributed by atoms with van der Waals surface area (Å²) in [6.45, 7) is 2.31. The van der Waals surface area contributed by atoms with E-state index in [2.05, 4.69) is 20.0 Å². The molecular weight excluding hydrogens is 352 g/mol. The third-order valence-electron chi connectivity index (χ3n) is 4.30. The van der Waals surface area contributed by atoms with E-state index in [1.54, 1.807) is 24.9 Å². The van der Waals surface area contributed by atoms with Crippen LogP contribution in [0.15, 0.2) is 56.4 Å². The number of phenols is 2. The van der Waals surface area contributed by atoms with E-state index in [1.807, 2.05) is 36.4 Å². The van der Waals surface area contributed by atoms with E-state index in [4.69, 9.17) is 0 Å². The van der Waals surface area contributed by atoms with Crippen LogP contribution in [0.2, 0.25) is 0 Å². The van der Waals surface area contributed by atoms with E-state index in [0.717, 1.165) is 12.8 Å². The molecule has 3 rings (SSSR count). The summed E-state index contributed by atoms with van der Waals surface area (Å²) in [5, 5.41) is 20.7. The van der Waals surface area contributed by atoms with Gasteiger partial charge in [0.25, 0.3) is 0 Å². The fourth-order valence-electron chi connectivity index (χ4n) is 2.75. The van der Waals surface area contributed by atoms with E-state index in [1.165, 1.54) is 0 Å². The quantitative estimate of drug-likeness (QED) is 0.739. The second-order valence-electron chi connectivity index (χ2n) is 6.42. The van der Waals surface area contributed by atoms with Crippen molar-refractivity contribution in [3.63, 3.8) is 0 Å². The number of phenolic OH excluding ortho intramolecular Hbond substituents is 2. The first-order chi connectivity index (χ1) is 13.8. The van der Waals surface area contributed by atoms with Crippen molar-refractivity contribution in [2.24, 2.45) is 20.0 Å². The molecule has 0 atom stereocenters. The van der Waals surface area contributed by atoms with Gasteiger partial charge in [0.05, 0.1) is 13.1 Å². The van der Waals surface area contributed by atoms with Crippen LogP contribution in [0.4, 0.5) is 0 Å². The number of para-hydroxylation sites is 2. The summed E-state index contributed by atoms with van der Waals surface area (Å²) >= 11 is 0. The van der Waals surface area contributed by atoms with Gasteiger partial charge in [-0.3, -0.25) is 20.0 Å². The van der Waals surface area contributed by atoms with Crippen molar-refractivity contribution in [1.29, 1.82) is 0 Å². The van der Waals surface area contributed by atoms with Gasteiger partial charge in [0.1, 0.15) is 11.5 Å². The monoisotopic (exact) mass is 376 g/mol. The van der Waals surface area contributed by atoms with Crippen LogP contribution >= 0.6 is 0 Å². The van der Waals surface area contributed by atoms with Crippen LogP contribution in [0.25, 0.3) is 0 Å². The first-order valence-corrected chi connectivity index (χ1v) is 9.39. The van der Waals surface area contributed by atoms with Crippen molar-refractivity contribution in [1.82, 2.24) is 0 Å². The highest BCUT2D eigenvalue weighted by atomic mass is 16.3. The van der Waals surface area contributed by atoms with Gasteiger partial charge in [-0.1, -0.05) is 12.1 Å². The van der Waals surface area contributed by atoms with Crippen LogP contribution in [-0.2, 0) is 0 Å². The Kier molecular flexibility index (Phi) is 7.07. The van der Waals surface area contributed by atoms with Crippen LogP contribution in [0.1, 0.15) is 35.1 Å². The largest absolute Gasteiger partial charge is 0.507 e. The number of nitrogens with zero attached hydrogens (tertiary/aromatic N) is 4. The summed E-state index contributed by atoms with van der Waals surface area (Å²) in [6, 6.07) is 11.0. The van der Waals surface area contributed by atoms with Crippen molar-refractivity contribution in [3.8, 4) is 11.5 Å². The number of hydrogen-bond donors (Lipinski definition) is 2. The van der Waals surface area contributed by atoms with Crippen LogP contribution in [-0.4, -0.2) is 61.3 Å². The van der Waals surface area contributed by atoms with E-state index in [9.17, 15) is 10.2 Å². The topological polar surface area (TPSA) is 89.9 Å². The molecule has 0 saturated heterocycles. The molecule has 0 aromatic heterocycles. The molecule has 0 aliphatic carbocycles. The standard InChI is InChI=1S/C22H24N4O2/c27-21-17-5-3-7-19(21)15-25-11-12-26-16-20-8-4-6-18(22(20)28)14-24-10-2-1-9-23-13-17/h3-8,13-16,27-28H,1-2,9-12H2. The Hall–Kier alpha value is -3.28. The van der Waals surface area contributed by atoms with Gasteiger partial charge in [-0.2, -0.15) is 0 Å². The maximum absolute atomic E-state index is 10.4. The minimum Gasteiger partial charge on any atom is -0.507 e. The van der Waals surface area contributed by atoms with Crippen LogP contribution in [0.3, 0.4) is 0 Å². The van der Waals surface area contributed by atoms with Crippen LogP contribution < -0.4 is 0 Å². The molecule has 0 fully saturated rings. The lowest BCUT2D eigenvalue weighted by molar-refractivity contribution is 0.473. The summed E-state index contributed by atoms with van der Waals surface area (Å²) < 4.78 is 0. The van der Waals surface area contributed by atoms with Crippen molar-refractivity contribution < 1.29 is 10.2 Å². The predicted octanol–water partition coefficient (Wildman–Crippen LogP) is 3.27. The third-order valence-corrected chi connectivity index (χ3v) is 4.30. The Labute approximate surface area is 164 Å². The van der Waals surface area contributed by atoms with Crippen molar-refractivity contribution in [2.45, 2.75) is 12.8 Å². The van der Waals surface area contributed by atoms with Gasteiger partial charge >= 0.3 is 0 Å². The maximum Gasteiger partial charge on any atom is 0.133 e. The highest BCUT2D eigenvalue weighted by Gasteiger charge is 2.04. The summed E-state index contributed by atoms with van der Waals surface area (Å²) in [6.07, 6.45) is 8.48. The highest BCUT2D eigenvalue weighted by Crippen LogP contribution is 2.20. The van der Waals surface area contributed by atoms with Crippen molar-refractivity contribution in [3.05, 3.63) is 58.7 Å². The lowest BCUT2D eigenvalue weighted by Gasteiger charge is -2.04. The molecule has 0 radical (unpaired) electrons. The molecule has 0 amide bonds. The second-order valence-corrected chi connectivity index (χ2v) is 6.42. The van der Waals surface area contributed by atoms with Crippen molar-refractivity contribution in [2.75, 3.05) is 26.2 Å². The Morgan fingerprint density at radius 1 is 0.500 bits per heavy atom. The second kappa shape index (κ2) is 10.2. The number of aromatic hydroxyl groups is 2. The molecule has 1 heterocycles. The fourth-order valence-corrected chi connectivity index (χ4v) is 2.75. The van der Waals surface area contributed by atoms with E-state index in [0.29, 0.717) is 48.4 Å². The van der Waals surface area contributed by atoms with Gasteiger partial charge in [-0.15, -0.1) is 0 Å². The molecule has 2 aromatic rings. The number of rotatable bonds is 0. The normalized spacial score (nSPS) is 15.4. The molecule has 4 bridgehead atoms. The summed E-state index contributed by atoms with van der Waals surface area (Å²) in [5.41, 5.74) is 2.68. The third kappa shape index (κ3) is 5.36. The first kappa shape index (κ1) is 19.5. The Morgan fingerprint density at radius 2 is 0.821 bits per heavy atom. The van der Waals surface area contributed by atoms with Gasteiger partial charge in [0, 0.05) is 60.2 Å². The molecular formula is C22H24N4O2. The van der Waals surface area contributed by atoms with E-state index >= 15 is 0 Å². The van der Waals surface area contributed by atoms with Gasteiger partial charge in [0.2, 0.25) is 0 Å². The van der Waals surface area contributed by atoms with Crippen LogP contribution in [0, 0.1) is 0 Å². The van der Waals surface area contributed by atoms with Crippen LogP contribution in [0.5, 0.6) is 11.5 Å². The maximum atomic E-state index is 10.4. The molecule has 0 spiro atoms. The molecule has 2 N–H and O–H groups in total. The van der Waals surface area contributed by atoms with Gasteiger partial charge in [-0.05, 0) is 37.1 Å². The van der Waals surface area contributed by atoms with Gasteiger partial charge in [-0.25, -0.2) is 0 Å². The molecule has 2 aromatic carbocycles. The minimum atomic E-state index is 0.180.